The molecule has 1 N–H and O–H groups in total. The summed E-state index contributed by atoms with van der Waals surface area (Å²) < 4.78 is 43.4. The highest BCUT2D eigenvalue weighted by Gasteiger charge is 2.65. The van der Waals surface area contributed by atoms with Crippen molar-refractivity contribution < 1.29 is 17.9 Å². The molecule has 1 aliphatic carbocycles. The van der Waals surface area contributed by atoms with Crippen molar-refractivity contribution in [2.75, 3.05) is 6.61 Å². The maximum atomic E-state index is 12.7. The van der Waals surface area contributed by atoms with Crippen molar-refractivity contribution in [1.29, 1.82) is 0 Å². The molecule has 2 rings (SSSR count). The molecule has 0 radical (unpaired) electrons. The summed E-state index contributed by atoms with van der Waals surface area (Å²) in [6.07, 6.45) is -2.20. The fraction of sp³-hybridized carbons (Fsp3) is 0.700. The third kappa shape index (κ3) is 1.88. The largest absolute Gasteiger partial charge is 0.478 e. The molecule has 0 saturated heterocycles. The summed E-state index contributed by atoms with van der Waals surface area (Å²) in [6, 6.07) is 1.58. The van der Waals surface area contributed by atoms with Crippen molar-refractivity contribution in [2.24, 2.45) is 11.3 Å². The van der Waals surface area contributed by atoms with Crippen LogP contribution in [0, 0.1) is 11.3 Å². The predicted octanol–water partition coefficient (Wildman–Crippen LogP) is 2.77. The van der Waals surface area contributed by atoms with Crippen LogP contribution in [0.1, 0.15) is 19.8 Å². The molecular weight excluding hydrogens is 221 g/mol. The predicted molar refractivity (Wildman–Crippen MR) is 51.0 cm³/mol. The summed E-state index contributed by atoms with van der Waals surface area (Å²) in [6.45, 7) is 1.64. The molecule has 0 bridgehead atoms. The Labute approximate surface area is 91.0 Å². The lowest BCUT2D eigenvalue weighted by atomic mass is 9.91. The lowest BCUT2D eigenvalue weighted by molar-refractivity contribution is -0.203. The van der Waals surface area contributed by atoms with Gasteiger partial charge in [0.05, 0.1) is 18.2 Å². The van der Waals surface area contributed by atoms with Gasteiger partial charge in [-0.25, -0.2) is 5.10 Å². The average molecular weight is 234 g/mol. The van der Waals surface area contributed by atoms with Crippen LogP contribution in [0.3, 0.4) is 0 Å². The maximum Gasteiger partial charge on any atom is 0.394 e. The van der Waals surface area contributed by atoms with Crippen LogP contribution >= 0.6 is 0 Å². The molecule has 0 amide bonds. The maximum absolute atomic E-state index is 12.7. The first-order valence-corrected chi connectivity index (χ1v) is 5.14. The summed E-state index contributed by atoms with van der Waals surface area (Å²) >= 11 is 0. The Morgan fingerprint density at radius 3 is 2.69 bits per heavy atom. The molecule has 1 aromatic heterocycles. The first-order valence-electron chi connectivity index (χ1n) is 5.14. The Bertz CT molecular complexity index is 343. The number of hydrogen-bond donors (Lipinski definition) is 1. The molecule has 1 aliphatic rings. The van der Waals surface area contributed by atoms with Gasteiger partial charge in [-0.05, 0) is 12.8 Å². The topological polar surface area (TPSA) is 37.9 Å². The highest BCUT2D eigenvalue weighted by molar-refractivity contribution is 5.06. The number of hydrogen-bond acceptors (Lipinski definition) is 2. The third-order valence-corrected chi connectivity index (χ3v) is 3.26. The molecule has 16 heavy (non-hydrogen) atoms. The minimum atomic E-state index is -4.12. The van der Waals surface area contributed by atoms with E-state index in [4.69, 9.17) is 4.74 Å². The molecule has 0 aromatic carbocycles. The molecular formula is C10H13F3N2O. The normalized spacial score (nSPS) is 20.5. The molecule has 1 saturated carbocycles. The molecule has 0 spiro atoms. The number of H-pyrrole nitrogens is 1. The fourth-order valence-electron chi connectivity index (χ4n) is 1.89. The molecule has 1 heterocycles. The molecule has 1 unspecified atom stereocenters. The van der Waals surface area contributed by atoms with Gasteiger partial charge in [0.1, 0.15) is 0 Å². The Morgan fingerprint density at radius 2 is 2.25 bits per heavy atom. The summed E-state index contributed by atoms with van der Waals surface area (Å²) in [7, 11) is 0. The summed E-state index contributed by atoms with van der Waals surface area (Å²) in [5, 5.41) is 6.20. The second-order valence-electron chi connectivity index (χ2n) is 4.29. The monoisotopic (exact) mass is 234 g/mol. The van der Waals surface area contributed by atoms with Crippen molar-refractivity contribution in [3.63, 3.8) is 0 Å². The molecule has 90 valence electrons. The second kappa shape index (κ2) is 3.68. The van der Waals surface area contributed by atoms with Gasteiger partial charge < -0.3 is 4.74 Å². The highest BCUT2D eigenvalue weighted by atomic mass is 19.4. The van der Waals surface area contributed by atoms with Crippen LogP contribution in [-0.4, -0.2) is 23.0 Å². The lowest BCUT2D eigenvalue weighted by Crippen LogP contribution is -2.34. The van der Waals surface area contributed by atoms with E-state index >= 15 is 0 Å². The Kier molecular flexibility index (Phi) is 2.59. The van der Waals surface area contributed by atoms with Crippen LogP contribution < -0.4 is 4.74 Å². The number of aromatic nitrogens is 2. The number of nitrogens with one attached hydrogen (secondary N) is 1. The molecule has 0 aliphatic heterocycles. The van der Waals surface area contributed by atoms with E-state index in [-0.39, 0.29) is 19.4 Å². The number of nitrogens with zero attached hydrogens (tertiary/aromatic N) is 1. The number of ether oxygens (including phenoxy) is 1. The number of halogens is 3. The Hall–Kier alpha value is -1.20. The van der Waals surface area contributed by atoms with Gasteiger partial charge in [0.25, 0.3) is 0 Å². The van der Waals surface area contributed by atoms with Crippen molar-refractivity contribution in [2.45, 2.75) is 25.9 Å². The van der Waals surface area contributed by atoms with E-state index in [1.54, 1.807) is 13.0 Å². The molecule has 1 aromatic rings. The number of rotatable bonds is 4. The third-order valence-electron chi connectivity index (χ3n) is 3.26. The van der Waals surface area contributed by atoms with E-state index in [0.717, 1.165) is 0 Å². The van der Waals surface area contributed by atoms with E-state index in [1.165, 1.54) is 6.20 Å². The Morgan fingerprint density at radius 1 is 1.56 bits per heavy atom. The van der Waals surface area contributed by atoms with Gasteiger partial charge in [0.2, 0.25) is 5.88 Å². The van der Waals surface area contributed by atoms with Crippen molar-refractivity contribution in [1.82, 2.24) is 10.2 Å². The standard InChI is InChI=1S/C10H13F3N2O/c1-7(6-16-8-2-5-14-15-8)9(3-4-9)10(11,12)13/h2,5,7H,3-4,6H2,1H3,(H,14,15). The fourth-order valence-corrected chi connectivity index (χ4v) is 1.89. The summed E-state index contributed by atoms with van der Waals surface area (Å²) in [4.78, 5) is 0. The van der Waals surface area contributed by atoms with E-state index in [9.17, 15) is 13.2 Å². The van der Waals surface area contributed by atoms with Crippen LogP contribution in [0.25, 0.3) is 0 Å². The minimum Gasteiger partial charge on any atom is -0.478 e. The smallest absolute Gasteiger partial charge is 0.394 e. The van der Waals surface area contributed by atoms with E-state index in [0.29, 0.717) is 5.88 Å². The average Bonchev–Trinajstić information content (AvgIpc) is 2.87. The van der Waals surface area contributed by atoms with E-state index < -0.39 is 17.5 Å². The van der Waals surface area contributed by atoms with Gasteiger partial charge in [-0.3, -0.25) is 0 Å². The van der Waals surface area contributed by atoms with Gasteiger partial charge in [0, 0.05) is 12.0 Å². The number of alkyl halides is 3. The molecule has 1 atom stereocenters. The molecule has 3 nitrogen and oxygen atoms in total. The lowest BCUT2D eigenvalue weighted by Gasteiger charge is -2.25. The van der Waals surface area contributed by atoms with Crippen molar-refractivity contribution in [3.8, 4) is 5.88 Å². The van der Waals surface area contributed by atoms with Gasteiger partial charge in [-0.1, -0.05) is 6.92 Å². The van der Waals surface area contributed by atoms with Crippen LogP contribution in [0.2, 0.25) is 0 Å². The first-order chi connectivity index (χ1) is 7.46. The van der Waals surface area contributed by atoms with Gasteiger partial charge in [-0.15, -0.1) is 0 Å². The van der Waals surface area contributed by atoms with Crippen molar-refractivity contribution in [3.05, 3.63) is 12.3 Å². The Balaban J connectivity index is 1.91. The first kappa shape index (κ1) is 11.3. The van der Waals surface area contributed by atoms with E-state index in [1.807, 2.05) is 0 Å². The zero-order chi connectivity index (χ0) is 11.8. The van der Waals surface area contributed by atoms with Crippen LogP contribution in [0.15, 0.2) is 12.3 Å². The van der Waals surface area contributed by atoms with Gasteiger partial charge >= 0.3 is 6.18 Å². The van der Waals surface area contributed by atoms with Crippen LogP contribution in [0.5, 0.6) is 5.88 Å². The molecule has 1 fully saturated rings. The zero-order valence-electron chi connectivity index (χ0n) is 8.84. The van der Waals surface area contributed by atoms with Gasteiger partial charge in [0.15, 0.2) is 0 Å². The van der Waals surface area contributed by atoms with Gasteiger partial charge in [-0.2, -0.15) is 18.3 Å². The summed E-state index contributed by atoms with van der Waals surface area (Å²) in [5.41, 5.74) is -1.52. The number of aromatic amines is 1. The van der Waals surface area contributed by atoms with Crippen LogP contribution in [0.4, 0.5) is 13.2 Å². The second-order valence-corrected chi connectivity index (χ2v) is 4.29. The zero-order valence-corrected chi connectivity index (χ0v) is 8.84. The summed E-state index contributed by atoms with van der Waals surface area (Å²) in [5.74, 6) is -0.124. The van der Waals surface area contributed by atoms with Crippen LogP contribution in [-0.2, 0) is 0 Å². The molecule has 6 heteroatoms. The highest BCUT2D eigenvalue weighted by Crippen LogP contribution is 2.62. The van der Waals surface area contributed by atoms with E-state index in [2.05, 4.69) is 10.2 Å². The SMILES string of the molecule is CC(COc1ccn[nH]1)C1(C(F)(F)F)CC1. The minimum absolute atomic E-state index is 0.0572. The van der Waals surface area contributed by atoms with Crippen molar-refractivity contribution >= 4 is 0 Å². The quantitative estimate of drug-likeness (QED) is 0.869.